The van der Waals surface area contributed by atoms with Crippen LogP contribution in [0.25, 0.3) is 0 Å². The maximum absolute atomic E-state index is 5.57. The van der Waals surface area contributed by atoms with E-state index in [9.17, 15) is 0 Å². The molecule has 60 heavy (non-hydrogen) atoms. The lowest BCUT2D eigenvalue weighted by Crippen LogP contribution is -2.53. The van der Waals surface area contributed by atoms with Crippen molar-refractivity contribution in [2.45, 2.75) is 128 Å². The van der Waals surface area contributed by atoms with Gasteiger partial charge in [0.05, 0.1) is 22.8 Å². The van der Waals surface area contributed by atoms with Gasteiger partial charge in [0, 0.05) is 76.5 Å². The van der Waals surface area contributed by atoms with Crippen LogP contribution < -0.4 is 0 Å². The fourth-order valence-electron chi connectivity index (χ4n) is 10.6. The third-order valence-corrected chi connectivity index (χ3v) is 13.4. The highest BCUT2D eigenvalue weighted by Gasteiger charge is 2.37. The number of hydrogen-bond acceptors (Lipinski definition) is 6. The Balaban J connectivity index is 1.15. The molecule has 2 aromatic heterocycles. The van der Waals surface area contributed by atoms with E-state index >= 15 is 0 Å². The van der Waals surface area contributed by atoms with Gasteiger partial charge in [-0.05, 0) is 72.2 Å². The number of aromatic nitrogens is 2. The van der Waals surface area contributed by atoms with Gasteiger partial charge in [0.2, 0.25) is 0 Å². The lowest BCUT2D eigenvalue weighted by Gasteiger charge is -2.46. The molecule has 3 heterocycles. The smallest absolute Gasteiger partial charge is 0.0548 e. The van der Waals surface area contributed by atoms with Gasteiger partial charge in [-0.25, -0.2) is 0 Å². The number of pyridine rings is 2. The second-order valence-corrected chi connectivity index (χ2v) is 17.6. The van der Waals surface area contributed by atoms with Gasteiger partial charge in [0.25, 0.3) is 0 Å². The summed E-state index contributed by atoms with van der Waals surface area (Å²) in [4.78, 5) is 22.2. The molecule has 0 saturated heterocycles. The number of nitrogens with zero attached hydrogens (tertiary/aromatic N) is 6. The van der Waals surface area contributed by atoms with Crippen LogP contribution >= 0.6 is 0 Å². The fourth-order valence-corrected chi connectivity index (χ4v) is 10.6. The first kappa shape index (κ1) is 40.4. The largest absolute Gasteiger partial charge is 0.289 e. The van der Waals surface area contributed by atoms with Crippen molar-refractivity contribution in [1.29, 1.82) is 0 Å². The predicted octanol–water partition coefficient (Wildman–Crippen LogP) is 10.8. The molecule has 0 unspecified atom stereocenters. The average Bonchev–Trinajstić information content (AvgIpc) is 3.30. The van der Waals surface area contributed by atoms with Crippen LogP contribution in [0.1, 0.15) is 96.4 Å². The van der Waals surface area contributed by atoms with Crippen LogP contribution in [-0.4, -0.2) is 53.7 Å². The minimum absolute atomic E-state index is 0.383. The molecule has 0 spiro atoms. The van der Waals surface area contributed by atoms with Crippen molar-refractivity contribution in [3.63, 3.8) is 0 Å². The first-order valence-corrected chi connectivity index (χ1v) is 22.7. The van der Waals surface area contributed by atoms with Crippen LogP contribution in [-0.2, 0) is 52.4 Å². The van der Waals surface area contributed by atoms with E-state index in [-0.39, 0.29) is 0 Å². The lowest BCUT2D eigenvalue weighted by atomic mass is 9.86. The summed E-state index contributed by atoms with van der Waals surface area (Å²) in [5.41, 5.74) is 10.1. The maximum atomic E-state index is 5.57. The third kappa shape index (κ3) is 10.5. The molecule has 6 heteroatoms. The molecule has 2 saturated carbocycles. The molecule has 4 atom stereocenters. The summed E-state index contributed by atoms with van der Waals surface area (Å²) in [6.07, 6.45) is 9.72. The maximum Gasteiger partial charge on any atom is 0.0548 e. The molecule has 6 aromatic rings. The molecule has 308 valence electrons. The first-order chi connectivity index (χ1) is 29.7. The van der Waals surface area contributed by atoms with E-state index in [0.717, 1.165) is 52.4 Å². The highest BCUT2D eigenvalue weighted by Crippen LogP contribution is 2.34. The van der Waals surface area contributed by atoms with Crippen LogP contribution in [0.5, 0.6) is 0 Å². The first-order valence-electron chi connectivity index (χ1n) is 22.7. The van der Waals surface area contributed by atoms with Gasteiger partial charge in [0.1, 0.15) is 0 Å². The summed E-state index contributed by atoms with van der Waals surface area (Å²) in [7, 11) is 0. The number of fused-ring (bicyclic) bond motifs is 6. The third-order valence-electron chi connectivity index (χ3n) is 13.4. The molecule has 2 aliphatic carbocycles. The summed E-state index contributed by atoms with van der Waals surface area (Å²) in [5.74, 6) is 0. The Morgan fingerprint density at radius 2 is 0.533 bits per heavy atom. The van der Waals surface area contributed by atoms with Crippen LogP contribution in [0.3, 0.4) is 0 Å². The van der Waals surface area contributed by atoms with Crippen LogP contribution in [0, 0.1) is 0 Å². The minimum atomic E-state index is 0.383. The molecule has 3 aliphatic rings. The van der Waals surface area contributed by atoms with Crippen LogP contribution in [0.2, 0.25) is 0 Å². The van der Waals surface area contributed by atoms with E-state index in [0.29, 0.717) is 24.2 Å². The standard InChI is InChI=1S/C54H62N6/c1-5-19-43(20-6-1)35-57-39-47-27-17-28-48(55-47)41-59(37-45-23-9-3-10-24-45)53-33-15-16-34-54(53)60(38-46-25-11-4-12-26-46)42-50-30-18-29-49(56-50)40-58(36-44-21-7-2-8-22-44)52-32-14-13-31-51(52)57/h1-12,17-30,51-54H,13-16,31-42H2/t51-,52-,53-,54-/m1/s1. The SMILES string of the molecule is c1ccc(CN2Cc3cccc(n3)CN(Cc3ccccc3)[C@@H]3CCCC[C@H]3N(Cc3ccccc3)Cc3cccc(n3)CN(Cc3ccccc3)[C@@H]3CCCC[C@H]32)cc1. The summed E-state index contributed by atoms with van der Waals surface area (Å²) in [6, 6.07) is 59.7. The normalized spacial score (nSPS) is 22.5. The van der Waals surface area contributed by atoms with Crippen molar-refractivity contribution in [2.75, 3.05) is 0 Å². The number of hydrogen-bond donors (Lipinski definition) is 0. The van der Waals surface area contributed by atoms with Crippen molar-refractivity contribution in [2.24, 2.45) is 0 Å². The summed E-state index contributed by atoms with van der Waals surface area (Å²) in [5, 5.41) is 0. The van der Waals surface area contributed by atoms with E-state index in [1.807, 2.05) is 0 Å². The molecule has 2 fully saturated rings. The Labute approximate surface area is 358 Å². The number of rotatable bonds is 8. The van der Waals surface area contributed by atoms with Gasteiger partial charge >= 0.3 is 0 Å². The van der Waals surface area contributed by atoms with Gasteiger partial charge in [-0.3, -0.25) is 29.6 Å². The molecule has 4 aromatic carbocycles. The van der Waals surface area contributed by atoms with Crippen molar-refractivity contribution < 1.29 is 0 Å². The Bertz CT molecular complexity index is 1890. The molecule has 0 radical (unpaired) electrons. The van der Waals surface area contributed by atoms with Crippen molar-refractivity contribution in [1.82, 2.24) is 29.6 Å². The molecule has 0 N–H and O–H groups in total. The number of benzene rings is 4. The molecule has 1 aliphatic heterocycles. The molecule has 6 nitrogen and oxygen atoms in total. The van der Waals surface area contributed by atoms with Crippen molar-refractivity contribution >= 4 is 0 Å². The zero-order valence-corrected chi connectivity index (χ0v) is 35.3. The quantitative estimate of drug-likeness (QED) is 0.153. The summed E-state index contributed by atoms with van der Waals surface area (Å²) >= 11 is 0. The highest BCUT2D eigenvalue weighted by atomic mass is 15.3. The van der Waals surface area contributed by atoms with E-state index in [1.54, 1.807) is 0 Å². The van der Waals surface area contributed by atoms with Crippen molar-refractivity contribution in [3.8, 4) is 0 Å². The van der Waals surface area contributed by atoms with Crippen molar-refractivity contribution in [3.05, 3.63) is 203 Å². The minimum Gasteiger partial charge on any atom is -0.289 e. The van der Waals surface area contributed by atoms with Gasteiger partial charge in [0.15, 0.2) is 0 Å². The molecule has 0 amide bonds. The fraction of sp³-hybridized carbons (Fsp3) is 0.370. The molecule has 4 bridgehead atoms. The summed E-state index contributed by atoms with van der Waals surface area (Å²) < 4.78 is 0. The van der Waals surface area contributed by atoms with E-state index in [2.05, 4.69) is 177 Å². The molecular weight excluding hydrogens is 733 g/mol. The second-order valence-electron chi connectivity index (χ2n) is 17.6. The van der Waals surface area contributed by atoms with Gasteiger partial charge < -0.3 is 0 Å². The monoisotopic (exact) mass is 795 g/mol. The van der Waals surface area contributed by atoms with Crippen LogP contribution in [0.4, 0.5) is 0 Å². The van der Waals surface area contributed by atoms with Crippen LogP contribution in [0.15, 0.2) is 158 Å². The highest BCUT2D eigenvalue weighted by molar-refractivity contribution is 5.21. The zero-order chi connectivity index (χ0) is 40.4. The zero-order valence-electron chi connectivity index (χ0n) is 35.3. The average molecular weight is 795 g/mol. The van der Waals surface area contributed by atoms with E-state index in [1.165, 1.54) is 96.4 Å². The summed E-state index contributed by atoms with van der Waals surface area (Å²) in [6.45, 7) is 6.92. The topological polar surface area (TPSA) is 38.7 Å². The Kier molecular flexibility index (Phi) is 13.5. The second kappa shape index (κ2) is 20.1. The van der Waals surface area contributed by atoms with E-state index in [4.69, 9.17) is 9.97 Å². The van der Waals surface area contributed by atoms with Gasteiger partial charge in [-0.2, -0.15) is 0 Å². The van der Waals surface area contributed by atoms with Gasteiger partial charge in [-0.1, -0.05) is 159 Å². The Morgan fingerprint density at radius 1 is 0.300 bits per heavy atom. The van der Waals surface area contributed by atoms with Gasteiger partial charge in [-0.15, -0.1) is 0 Å². The lowest BCUT2D eigenvalue weighted by molar-refractivity contribution is 0.0252. The predicted molar refractivity (Wildman–Crippen MR) is 243 cm³/mol. The van der Waals surface area contributed by atoms with E-state index < -0.39 is 0 Å². The molecular formula is C54H62N6. The Morgan fingerprint density at radius 3 is 0.767 bits per heavy atom. The molecule has 9 rings (SSSR count). The Hall–Kier alpha value is -4.98.